The second-order valence-electron chi connectivity index (χ2n) is 8.85. The van der Waals surface area contributed by atoms with E-state index in [9.17, 15) is 19.8 Å². The Hall–Kier alpha value is -3.04. The number of epoxide rings is 1. The SMILES string of the molecule is CC1CC2OC2\C=C/C=C/C(=N\OCCN2CCCCC2=O)Cc2c(Cl)c(O)cc(O)c2C(=O)O1. The lowest BCUT2D eigenvalue weighted by Crippen LogP contribution is -2.37. The molecule has 35 heavy (non-hydrogen) atoms. The van der Waals surface area contributed by atoms with Gasteiger partial charge in [0.2, 0.25) is 5.91 Å². The van der Waals surface area contributed by atoms with Gasteiger partial charge >= 0.3 is 5.97 Å². The average molecular weight is 505 g/mol. The zero-order chi connectivity index (χ0) is 24.9. The van der Waals surface area contributed by atoms with Crippen molar-refractivity contribution < 1.29 is 34.1 Å². The van der Waals surface area contributed by atoms with Crippen LogP contribution in [0.1, 0.15) is 48.5 Å². The Bertz CT molecular complexity index is 1070. The van der Waals surface area contributed by atoms with Crippen LogP contribution in [-0.4, -0.2) is 70.7 Å². The van der Waals surface area contributed by atoms with Crippen LogP contribution in [0.15, 0.2) is 35.5 Å². The zero-order valence-corrected chi connectivity index (χ0v) is 20.2. The molecule has 0 aliphatic carbocycles. The Morgan fingerprint density at radius 1 is 1.23 bits per heavy atom. The first-order valence-electron chi connectivity index (χ1n) is 11.7. The van der Waals surface area contributed by atoms with Crippen molar-refractivity contribution >= 4 is 29.2 Å². The molecule has 9 nitrogen and oxygen atoms in total. The molecule has 1 amide bonds. The highest BCUT2D eigenvalue weighted by Gasteiger charge is 2.38. The molecule has 10 heteroatoms. The average Bonchev–Trinajstić information content (AvgIpc) is 3.54. The van der Waals surface area contributed by atoms with Gasteiger partial charge in [-0.3, -0.25) is 4.79 Å². The van der Waals surface area contributed by atoms with Gasteiger partial charge in [0.25, 0.3) is 0 Å². The molecule has 3 aliphatic heterocycles. The molecule has 2 N–H and O–H groups in total. The molecular formula is C25H29ClN2O7. The van der Waals surface area contributed by atoms with E-state index in [1.807, 2.05) is 12.2 Å². The normalized spacial score (nSPS) is 27.9. The van der Waals surface area contributed by atoms with Gasteiger partial charge in [-0.1, -0.05) is 35.0 Å². The monoisotopic (exact) mass is 504 g/mol. The van der Waals surface area contributed by atoms with Crippen molar-refractivity contribution in [1.82, 2.24) is 4.90 Å². The molecule has 0 radical (unpaired) electrons. The highest BCUT2D eigenvalue weighted by molar-refractivity contribution is 6.33. The fourth-order valence-electron chi connectivity index (χ4n) is 4.23. The molecule has 0 spiro atoms. The van der Waals surface area contributed by atoms with Gasteiger partial charge in [-0.2, -0.15) is 0 Å². The molecule has 3 unspecified atom stereocenters. The van der Waals surface area contributed by atoms with E-state index in [1.165, 1.54) is 0 Å². The van der Waals surface area contributed by atoms with Crippen LogP contribution in [0.2, 0.25) is 5.02 Å². The molecule has 188 valence electrons. The molecule has 0 aromatic heterocycles. The summed E-state index contributed by atoms with van der Waals surface area (Å²) >= 11 is 6.34. The van der Waals surface area contributed by atoms with Crippen molar-refractivity contribution in [3.63, 3.8) is 0 Å². The number of carbonyl (C=O) groups excluding carboxylic acids is 2. The number of rotatable bonds is 4. The highest BCUT2D eigenvalue weighted by Crippen LogP contribution is 2.38. The van der Waals surface area contributed by atoms with Crippen LogP contribution in [0.4, 0.5) is 0 Å². The quantitative estimate of drug-likeness (QED) is 0.278. The van der Waals surface area contributed by atoms with E-state index in [2.05, 4.69) is 5.16 Å². The van der Waals surface area contributed by atoms with Gasteiger partial charge < -0.3 is 29.4 Å². The Morgan fingerprint density at radius 2 is 2.06 bits per heavy atom. The van der Waals surface area contributed by atoms with Gasteiger partial charge in [-0.05, 0) is 31.4 Å². The maximum atomic E-state index is 13.0. The molecule has 1 aromatic rings. The molecule has 3 heterocycles. The van der Waals surface area contributed by atoms with Gasteiger partial charge in [0.05, 0.1) is 23.4 Å². The van der Waals surface area contributed by atoms with Crippen molar-refractivity contribution in [3.8, 4) is 11.5 Å². The number of carbonyl (C=O) groups is 2. The predicted octanol–water partition coefficient (Wildman–Crippen LogP) is 3.51. The number of benzene rings is 1. The minimum atomic E-state index is -0.760. The van der Waals surface area contributed by atoms with E-state index in [1.54, 1.807) is 24.0 Å². The van der Waals surface area contributed by atoms with E-state index in [0.29, 0.717) is 31.6 Å². The number of amides is 1. The molecule has 0 saturated carbocycles. The lowest BCUT2D eigenvalue weighted by Gasteiger charge is -2.25. The lowest BCUT2D eigenvalue weighted by atomic mass is 9.99. The minimum absolute atomic E-state index is 0.0187. The van der Waals surface area contributed by atoms with Crippen molar-refractivity contribution in [2.24, 2.45) is 5.16 Å². The van der Waals surface area contributed by atoms with E-state index in [0.717, 1.165) is 18.9 Å². The van der Waals surface area contributed by atoms with Crippen LogP contribution in [0, 0.1) is 0 Å². The van der Waals surface area contributed by atoms with Crippen LogP contribution in [0.5, 0.6) is 11.5 Å². The topological polar surface area (TPSA) is 121 Å². The summed E-state index contributed by atoms with van der Waals surface area (Å²) in [5, 5.41) is 24.7. The van der Waals surface area contributed by atoms with E-state index in [4.69, 9.17) is 25.9 Å². The van der Waals surface area contributed by atoms with E-state index >= 15 is 0 Å². The molecule has 3 aliphatic rings. The van der Waals surface area contributed by atoms with Crippen LogP contribution >= 0.6 is 11.6 Å². The van der Waals surface area contributed by atoms with Gasteiger partial charge in [-0.25, -0.2) is 4.79 Å². The Morgan fingerprint density at radius 3 is 2.86 bits per heavy atom. The van der Waals surface area contributed by atoms with Crippen molar-refractivity contribution in [1.29, 1.82) is 0 Å². The number of phenolic OH excluding ortho intramolecular Hbond substituents is 2. The smallest absolute Gasteiger partial charge is 0.342 e. The number of phenols is 2. The first-order valence-corrected chi connectivity index (χ1v) is 12.1. The molecule has 2 saturated heterocycles. The summed E-state index contributed by atoms with van der Waals surface area (Å²) in [4.78, 5) is 32.2. The third-order valence-electron chi connectivity index (χ3n) is 6.13. The van der Waals surface area contributed by atoms with Crippen molar-refractivity contribution in [2.45, 2.75) is 57.3 Å². The number of esters is 1. The van der Waals surface area contributed by atoms with Crippen molar-refractivity contribution in [3.05, 3.63) is 46.5 Å². The Labute approximate surface area is 208 Å². The van der Waals surface area contributed by atoms with Crippen LogP contribution in [0.3, 0.4) is 0 Å². The highest BCUT2D eigenvalue weighted by atomic mass is 35.5. The summed E-state index contributed by atoms with van der Waals surface area (Å²) < 4.78 is 11.1. The fourth-order valence-corrected chi connectivity index (χ4v) is 4.45. The number of allylic oxidation sites excluding steroid dienone is 3. The van der Waals surface area contributed by atoms with Gasteiger partial charge in [0.1, 0.15) is 35.9 Å². The standard InChI is InChI=1S/C25H29ClN2O7/c1-15-12-21-20(35-21)7-3-2-6-16(27-33-11-10-28-9-5-4-8-22(28)31)13-17-23(25(32)34-15)18(29)14-19(30)24(17)26/h2-3,6-7,14-15,20-21,29-30H,4-5,8-13H2,1H3/b6-2+,7-3-,27-16+. The first kappa shape index (κ1) is 25.1. The largest absolute Gasteiger partial charge is 0.507 e. The minimum Gasteiger partial charge on any atom is -0.507 e. The number of halogens is 1. The first-order chi connectivity index (χ1) is 16.8. The number of fused-ring (bicyclic) bond motifs is 2. The number of oxime groups is 1. The second kappa shape index (κ2) is 11.1. The number of ether oxygens (including phenoxy) is 2. The van der Waals surface area contributed by atoms with Gasteiger partial charge in [0.15, 0.2) is 0 Å². The zero-order valence-electron chi connectivity index (χ0n) is 19.5. The number of nitrogens with zero attached hydrogens (tertiary/aromatic N) is 2. The van der Waals surface area contributed by atoms with Crippen LogP contribution < -0.4 is 0 Å². The van der Waals surface area contributed by atoms with Crippen LogP contribution in [-0.2, 0) is 25.5 Å². The Kier molecular flexibility index (Phi) is 7.97. The maximum Gasteiger partial charge on any atom is 0.342 e. The molecule has 3 atom stereocenters. The predicted molar refractivity (Wildman–Crippen MR) is 129 cm³/mol. The molecule has 0 bridgehead atoms. The van der Waals surface area contributed by atoms with E-state index < -0.39 is 17.8 Å². The summed E-state index contributed by atoms with van der Waals surface area (Å²) in [5.74, 6) is -1.47. The summed E-state index contributed by atoms with van der Waals surface area (Å²) in [5.41, 5.74) is 0.417. The number of aromatic hydroxyl groups is 2. The van der Waals surface area contributed by atoms with Crippen molar-refractivity contribution in [2.75, 3.05) is 19.7 Å². The molecule has 4 rings (SSSR count). The lowest BCUT2D eigenvalue weighted by molar-refractivity contribution is -0.134. The fraction of sp³-hybridized carbons (Fsp3) is 0.480. The second-order valence-corrected chi connectivity index (χ2v) is 9.23. The number of cyclic esters (lactones) is 1. The Balaban J connectivity index is 1.59. The molecule has 1 aromatic carbocycles. The third-order valence-corrected chi connectivity index (χ3v) is 6.56. The summed E-state index contributed by atoms with van der Waals surface area (Å²) in [6.45, 7) is 3.07. The van der Waals surface area contributed by atoms with Gasteiger partial charge in [0, 0.05) is 31.9 Å². The number of likely N-dealkylation sites (tertiary alicyclic amines) is 1. The number of piperidine rings is 1. The number of hydrogen-bond acceptors (Lipinski definition) is 8. The summed E-state index contributed by atoms with van der Waals surface area (Å²) in [6.07, 6.45) is 9.51. The molecular weight excluding hydrogens is 476 g/mol. The third kappa shape index (κ3) is 6.35. The van der Waals surface area contributed by atoms with Gasteiger partial charge in [-0.15, -0.1) is 0 Å². The summed E-state index contributed by atoms with van der Waals surface area (Å²) in [7, 11) is 0. The van der Waals surface area contributed by atoms with E-state index in [-0.39, 0.29) is 53.0 Å². The number of hydrogen-bond donors (Lipinski definition) is 2. The molecule has 2 fully saturated rings. The van der Waals surface area contributed by atoms with Crippen LogP contribution in [0.25, 0.3) is 0 Å². The summed E-state index contributed by atoms with van der Waals surface area (Å²) in [6, 6.07) is 1.01. The maximum absolute atomic E-state index is 13.0.